The fourth-order valence-electron chi connectivity index (χ4n) is 3.19. The van der Waals surface area contributed by atoms with Gasteiger partial charge in [-0.3, -0.25) is 4.72 Å². The van der Waals surface area contributed by atoms with Crippen LogP contribution in [0.3, 0.4) is 0 Å². The van der Waals surface area contributed by atoms with Crippen LogP contribution in [-0.2, 0) is 16.6 Å². The third-order valence-electron chi connectivity index (χ3n) is 4.67. The van der Waals surface area contributed by atoms with Crippen LogP contribution in [0.2, 0.25) is 0 Å². The van der Waals surface area contributed by atoms with Crippen LogP contribution >= 0.6 is 0 Å². The maximum atomic E-state index is 12.2. The van der Waals surface area contributed by atoms with Gasteiger partial charge in [0.2, 0.25) is 12.3 Å². The van der Waals surface area contributed by atoms with E-state index in [0.717, 1.165) is 19.3 Å². The van der Waals surface area contributed by atoms with Gasteiger partial charge >= 0.3 is 10.2 Å². The van der Waals surface area contributed by atoms with Crippen LogP contribution < -0.4 is 4.72 Å². The topological polar surface area (TPSA) is 88.3 Å². The van der Waals surface area contributed by atoms with Crippen molar-refractivity contribution in [2.45, 2.75) is 38.6 Å². The molecule has 8 heteroatoms. The first-order valence-electron chi connectivity index (χ1n) is 9.68. The van der Waals surface area contributed by atoms with E-state index in [1.807, 2.05) is 55.5 Å². The van der Waals surface area contributed by atoms with Gasteiger partial charge in [-0.1, -0.05) is 55.0 Å². The summed E-state index contributed by atoms with van der Waals surface area (Å²) in [6, 6.07) is 19.1. The van der Waals surface area contributed by atoms with Crippen LogP contribution in [0.5, 0.6) is 0 Å². The molecule has 1 aliphatic rings. The Kier molecular flexibility index (Phi) is 7.37. The number of hydrogen-bond donors (Lipinski definition) is 1. The minimum absolute atomic E-state index is 0.0879. The first-order valence-corrected chi connectivity index (χ1v) is 11.1. The number of benzene rings is 2. The standard InChI is InChI=1S/C12H18N2O2S.C9H8N2O/c1-11-7-5-6-10-14(11)17(15,16)13-12-8-3-2-4-9-12;1-2-4-8(5-3-1)6-9-11-10-7-12-9/h2-4,8-9,11,13H,5-7,10H2,1H3;1-5,7H,6H2. The SMILES string of the molecule is CC1CCCCN1S(=O)(=O)Nc1ccccc1.c1ccc(Cc2nnco2)cc1. The third kappa shape index (κ3) is 6.40. The number of hydrogen-bond acceptors (Lipinski definition) is 5. The lowest BCUT2D eigenvalue weighted by molar-refractivity contribution is 0.270. The molecular formula is C21H26N4O3S. The summed E-state index contributed by atoms with van der Waals surface area (Å²) in [6.07, 6.45) is 5.05. The number of aromatic nitrogens is 2. The van der Waals surface area contributed by atoms with E-state index in [0.29, 0.717) is 24.5 Å². The highest BCUT2D eigenvalue weighted by atomic mass is 32.2. The Morgan fingerprint density at radius 2 is 1.76 bits per heavy atom. The molecule has 1 aliphatic heterocycles. The summed E-state index contributed by atoms with van der Waals surface area (Å²) >= 11 is 0. The molecule has 7 nitrogen and oxygen atoms in total. The largest absolute Gasteiger partial charge is 0.428 e. The zero-order chi connectivity index (χ0) is 20.5. The predicted octanol–water partition coefficient (Wildman–Crippen LogP) is 3.88. The highest BCUT2D eigenvalue weighted by Gasteiger charge is 2.29. The van der Waals surface area contributed by atoms with Gasteiger partial charge in [-0.25, -0.2) is 0 Å². The van der Waals surface area contributed by atoms with Crippen LogP contribution in [-0.4, -0.2) is 35.5 Å². The average molecular weight is 415 g/mol. The highest BCUT2D eigenvalue weighted by Crippen LogP contribution is 2.21. The maximum Gasteiger partial charge on any atom is 0.301 e. The number of rotatable bonds is 5. The second kappa shape index (κ2) is 10.2. The van der Waals surface area contributed by atoms with Gasteiger partial charge in [0, 0.05) is 18.3 Å². The van der Waals surface area contributed by atoms with E-state index in [4.69, 9.17) is 4.42 Å². The van der Waals surface area contributed by atoms with Crippen molar-refractivity contribution in [3.63, 3.8) is 0 Å². The molecule has 1 N–H and O–H groups in total. The number of anilines is 1. The fraction of sp³-hybridized carbons (Fsp3) is 0.333. The molecule has 154 valence electrons. The number of nitrogens with one attached hydrogen (secondary N) is 1. The van der Waals surface area contributed by atoms with Gasteiger partial charge in [-0.05, 0) is 37.5 Å². The quantitative estimate of drug-likeness (QED) is 0.684. The second-order valence-corrected chi connectivity index (χ2v) is 8.55. The summed E-state index contributed by atoms with van der Waals surface area (Å²) in [4.78, 5) is 0. The van der Waals surface area contributed by atoms with Gasteiger partial charge in [-0.2, -0.15) is 12.7 Å². The number of para-hydroxylation sites is 1. The molecule has 29 heavy (non-hydrogen) atoms. The average Bonchev–Trinajstić information content (AvgIpc) is 3.23. The Bertz CT molecular complexity index is 948. The van der Waals surface area contributed by atoms with E-state index in [1.165, 1.54) is 12.0 Å². The van der Waals surface area contributed by atoms with E-state index in [9.17, 15) is 8.42 Å². The van der Waals surface area contributed by atoms with E-state index in [1.54, 1.807) is 16.4 Å². The molecule has 1 fully saturated rings. The minimum atomic E-state index is -3.40. The van der Waals surface area contributed by atoms with Gasteiger partial charge in [-0.15, -0.1) is 10.2 Å². The van der Waals surface area contributed by atoms with Crippen molar-refractivity contribution in [2.24, 2.45) is 0 Å². The van der Waals surface area contributed by atoms with E-state index >= 15 is 0 Å². The van der Waals surface area contributed by atoms with E-state index < -0.39 is 10.2 Å². The van der Waals surface area contributed by atoms with Gasteiger partial charge in [0.15, 0.2) is 0 Å². The molecule has 4 rings (SSSR count). The van der Waals surface area contributed by atoms with Crippen molar-refractivity contribution in [3.8, 4) is 0 Å². The zero-order valence-electron chi connectivity index (χ0n) is 16.4. The van der Waals surface area contributed by atoms with Crippen molar-refractivity contribution < 1.29 is 12.8 Å². The Balaban J connectivity index is 0.000000176. The molecular weight excluding hydrogens is 388 g/mol. The van der Waals surface area contributed by atoms with Crippen molar-refractivity contribution in [1.29, 1.82) is 0 Å². The monoisotopic (exact) mass is 414 g/mol. The van der Waals surface area contributed by atoms with Gasteiger partial charge in [0.05, 0.1) is 6.42 Å². The summed E-state index contributed by atoms with van der Waals surface area (Å²) in [5.41, 5.74) is 1.80. The summed E-state index contributed by atoms with van der Waals surface area (Å²) < 4.78 is 33.6. The molecule has 1 saturated heterocycles. The lowest BCUT2D eigenvalue weighted by Gasteiger charge is -2.32. The van der Waals surface area contributed by atoms with Crippen molar-refractivity contribution in [2.75, 3.05) is 11.3 Å². The first kappa shape index (κ1) is 21.0. The molecule has 0 radical (unpaired) electrons. The molecule has 0 spiro atoms. The predicted molar refractivity (Wildman–Crippen MR) is 113 cm³/mol. The number of nitrogens with zero attached hydrogens (tertiary/aromatic N) is 3. The Labute approximate surface area is 172 Å². The first-order chi connectivity index (χ1) is 14.0. The van der Waals surface area contributed by atoms with Crippen molar-refractivity contribution >= 4 is 15.9 Å². The van der Waals surface area contributed by atoms with Gasteiger partial charge in [0.25, 0.3) is 0 Å². The zero-order valence-corrected chi connectivity index (χ0v) is 17.3. The molecule has 0 bridgehead atoms. The smallest absolute Gasteiger partial charge is 0.301 e. The van der Waals surface area contributed by atoms with Crippen LogP contribution in [0.25, 0.3) is 0 Å². The maximum absolute atomic E-state index is 12.2. The summed E-state index contributed by atoms with van der Waals surface area (Å²) in [6.45, 7) is 2.58. The van der Waals surface area contributed by atoms with Gasteiger partial charge in [0.1, 0.15) is 0 Å². The summed E-state index contributed by atoms with van der Waals surface area (Å²) in [5, 5.41) is 7.40. The molecule has 0 saturated carbocycles. The highest BCUT2D eigenvalue weighted by molar-refractivity contribution is 7.90. The Hall–Kier alpha value is -2.71. The lowest BCUT2D eigenvalue weighted by atomic mass is 10.1. The Morgan fingerprint density at radius 1 is 1.07 bits per heavy atom. The molecule has 2 heterocycles. The fourth-order valence-corrected chi connectivity index (χ4v) is 4.69. The van der Waals surface area contributed by atoms with Gasteiger partial charge < -0.3 is 4.42 Å². The van der Waals surface area contributed by atoms with Crippen LogP contribution in [0.15, 0.2) is 71.5 Å². The molecule has 1 atom stereocenters. The van der Waals surface area contributed by atoms with Crippen molar-refractivity contribution in [3.05, 3.63) is 78.5 Å². The second-order valence-electron chi connectivity index (χ2n) is 6.92. The van der Waals surface area contributed by atoms with Crippen LogP contribution in [0, 0.1) is 0 Å². The van der Waals surface area contributed by atoms with E-state index in [-0.39, 0.29) is 6.04 Å². The van der Waals surface area contributed by atoms with Crippen molar-refractivity contribution in [1.82, 2.24) is 14.5 Å². The van der Waals surface area contributed by atoms with E-state index in [2.05, 4.69) is 14.9 Å². The van der Waals surface area contributed by atoms with Crippen LogP contribution in [0.1, 0.15) is 37.6 Å². The van der Waals surface area contributed by atoms with Crippen LogP contribution in [0.4, 0.5) is 5.69 Å². The normalized spacial score (nSPS) is 17.2. The summed E-state index contributed by atoms with van der Waals surface area (Å²) in [7, 11) is -3.40. The molecule has 0 amide bonds. The summed E-state index contributed by atoms with van der Waals surface area (Å²) in [5.74, 6) is 0.654. The minimum Gasteiger partial charge on any atom is -0.428 e. The lowest BCUT2D eigenvalue weighted by Crippen LogP contribution is -2.44. The third-order valence-corrected chi connectivity index (χ3v) is 6.33. The molecule has 3 aromatic rings. The molecule has 1 unspecified atom stereocenters. The molecule has 1 aromatic heterocycles. The number of piperidine rings is 1. The Morgan fingerprint density at radius 3 is 2.38 bits per heavy atom. The molecule has 0 aliphatic carbocycles. The molecule has 2 aromatic carbocycles.